The van der Waals surface area contributed by atoms with Crippen molar-refractivity contribution in [3.63, 3.8) is 0 Å². The van der Waals surface area contributed by atoms with Gasteiger partial charge in [-0.05, 0) is 33.1 Å². The third-order valence-corrected chi connectivity index (χ3v) is 2.59. The zero-order chi connectivity index (χ0) is 20.4. The topological polar surface area (TPSA) is 176 Å². The van der Waals surface area contributed by atoms with Crippen LogP contribution in [-0.4, -0.2) is 57.0 Å². The summed E-state index contributed by atoms with van der Waals surface area (Å²) >= 11 is 0. The molecule has 0 aliphatic heterocycles. The summed E-state index contributed by atoms with van der Waals surface area (Å²) in [6.45, 7) is 8.60. The lowest BCUT2D eigenvalue weighted by Gasteiger charge is -2.23. The third kappa shape index (κ3) is 14.9. The van der Waals surface area contributed by atoms with Gasteiger partial charge >= 0.3 is 24.0 Å². The summed E-state index contributed by atoms with van der Waals surface area (Å²) in [4.78, 5) is 41.9. The van der Waals surface area contributed by atoms with E-state index >= 15 is 0 Å². The first-order chi connectivity index (χ1) is 11.2. The van der Waals surface area contributed by atoms with E-state index in [1.807, 2.05) is 0 Å². The second-order valence-corrected chi connectivity index (χ2v) is 6.58. The van der Waals surface area contributed by atoms with Crippen LogP contribution in [0.2, 0.25) is 0 Å². The molecule has 0 fully saturated rings. The maximum atomic E-state index is 11.3. The fourth-order valence-electron chi connectivity index (χ4n) is 1.35. The largest absolute Gasteiger partial charge is 0.481 e. The number of amides is 1. The third-order valence-electron chi connectivity index (χ3n) is 2.59. The minimum absolute atomic E-state index is 0.0231. The number of rotatable bonds is 7. The van der Waals surface area contributed by atoms with Crippen LogP contribution < -0.4 is 11.1 Å². The highest BCUT2D eigenvalue weighted by Gasteiger charge is 2.26. The van der Waals surface area contributed by atoms with Crippen LogP contribution in [0.4, 0.5) is 4.79 Å². The number of carbonyl (C=O) groups excluding carboxylic acids is 1. The van der Waals surface area contributed by atoms with Gasteiger partial charge in [0, 0.05) is 6.42 Å². The zero-order valence-electron chi connectivity index (χ0n) is 15.1. The molecule has 10 nitrogen and oxygen atoms in total. The van der Waals surface area contributed by atoms with E-state index in [1.165, 1.54) is 0 Å². The van der Waals surface area contributed by atoms with Crippen LogP contribution in [0.15, 0.2) is 0 Å². The van der Waals surface area contributed by atoms with Crippen molar-refractivity contribution in [2.24, 2.45) is 11.7 Å². The molecule has 0 saturated carbocycles. The molecule has 0 aromatic heterocycles. The monoisotopic (exact) mass is 364 g/mol. The van der Waals surface area contributed by atoms with Crippen LogP contribution in [0.5, 0.6) is 0 Å². The molecule has 0 aromatic rings. The summed E-state index contributed by atoms with van der Waals surface area (Å²) in [5.41, 5.74) is 4.38. The van der Waals surface area contributed by atoms with Gasteiger partial charge in [-0.1, -0.05) is 13.8 Å². The van der Waals surface area contributed by atoms with Gasteiger partial charge < -0.3 is 31.1 Å². The van der Waals surface area contributed by atoms with E-state index in [4.69, 9.17) is 25.8 Å². The van der Waals surface area contributed by atoms with Gasteiger partial charge in [0.15, 0.2) is 0 Å². The molecular weight excluding hydrogens is 336 g/mol. The van der Waals surface area contributed by atoms with Crippen LogP contribution in [-0.2, 0) is 19.1 Å². The summed E-state index contributed by atoms with van der Waals surface area (Å²) in [5, 5.41) is 27.4. The first kappa shape index (κ1) is 24.9. The van der Waals surface area contributed by atoms with Crippen molar-refractivity contribution in [1.29, 1.82) is 0 Å². The lowest BCUT2D eigenvalue weighted by atomic mass is 10.1. The Bertz CT molecular complexity index is 471. The molecule has 0 heterocycles. The SMILES string of the molecule is CC(C)[C@@H](NC(=O)OC(C)(C)C)C(=O)O.N[C@@H](CCC(=O)O)C(=O)O. The molecule has 0 radical (unpaired) electrons. The first-order valence-corrected chi connectivity index (χ1v) is 7.59. The molecular formula is C15H28N2O8. The summed E-state index contributed by atoms with van der Waals surface area (Å²) in [6, 6.07) is -1.98. The summed E-state index contributed by atoms with van der Waals surface area (Å²) in [7, 11) is 0. The summed E-state index contributed by atoms with van der Waals surface area (Å²) in [6.07, 6.45) is -0.929. The Morgan fingerprint density at radius 2 is 1.52 bits per heavy atom. The second kappa shape index (κ2) is 11.2. The van der Waals surface area contributed by atoms with Crippen molar-refractivity contribution in [1.82, 2.24) is 5.32 Å². The highest BCUT2D eigenvalue weighted by atomic mass is 16.6. The number of hydrogen-bond acceptors (Lipinski definition) is 6. The lowest BCUT2D eigenvalue weighted by Crippen LogP contribution is -2.46. The first-order valence-electron chi connectivity index (χ1n) is 7.59. The molecule has 6 N–H and O–H groups in total. The Morgan fingerprint density at radius 3 is 1.80 bits per heavy atom. The van der Waals surface area contributed by atoms with Crippen molar-refractivity contribution in [3.05, 3.63) is 0 Å². The fraction of sp³-hybridized carbons (Fsp3) is 0.733. The van der Waals surface area contributed by atoms with Gasteiger partial charge in [0.2, 0.25) is 0 Å². The van der Waals surface area contributed by atoms with Crippen molar-refractivity contribution in [2.75, 3.05) is 0 Å². The number of nitrogens with one attached hydrogen (secondary N) is 1. The van der Waals surface area contributed by atoms with Gasteiger partial charge in [-0.3, -0.25) is 9.59 Å². The Hall–Kier alpha value is -2.36. The van der Waals surface area contributed by atoms with Gasteiger partial charge in [-0.15, -0.1) is 0 Å². The Kier molecular flexibility index (Phi) is 11.2. The maximum Gasteiger partial charge on any atom is 0.408 e. The van der Waals surface area contributed by atoms with Crippen LogP contribution in [0.1, 0.15) is 47.5 Å². The minimum Gasteiger partial charge on any atom is -0.481 e. The predicted octanol–water partition coefficient (Wildman–Crippen LogP) is 0.883. The normalized spacial score (nSPS) is 13.1. The van der Waals surface area contributed by atoms with Gasteiger partial charge in [-0.2, -0.15) is 0 Å². The molecule has 0 bridgehead atoms. The quantitative estimate of drug-likeness (QED) is 0.439. The highest BCUT2D eigenvalue weighted by molar-refractivity contribution is 5.80. The summed E-state index contributed by atoms with van der Waals surface area (Å²) < 4.78 is 4.96. The number of alkyl carbamates (subject to hydrolysis) is 1. The number of hydrogen-bond donors (Lipinski definition) is 5. The van der Waals surface area contributed by atoms with Gasteiger partial charge in [0.25, 0.3) is 0 Å². The van der Waals surface area contributed by atoms with Gasteiger partial charge in [0.1, 0.15) is 17.7 Å². The van der Waals surface area contributed by atoms with Crippen molar-refractivity contribution in [2.45, 2.75) is 65.1 Å². The average Bonchev–Trinajstić information content (AvgIpc) is 2.40. The molecule has 0 aliphatic rings. The molecule has 0 aliphatic carbocycles. The minimum atomic E-state index is -1.17. The average molecular weight is 364 g/mol. The molecule has 0 unspecified atom stereocenters. The Balaban J connectivity index is 0. The number of carboxylic acid groups (broad SMARTS) is 3. The zero-order valence-corrected chi connectivity index (χ0v) is 15.1. The number of carboxylic acids is 3. The molecule has 1 amide bonds. The summed E-state index contributed by atoms with van der Waals surface area (Å²) in [5.74, 6) is -3.44. The second-order valence-electron chi connectivity index (χ2n) is 6.58. The molecule has 10 heteroatoms. The van der Waals surface area contributed by atoms with Crippen LogP contribution >= 0.6 is 0 Å². The predicted molar refractivity (Wildman–Crippen MR) is 88.1 cm³/mol. The van der Waals surface area contributed by atoms with E-state index in [-0.39, 0.29) is 18.8 Å². The molecule has 2 atom stereocenters. The fourth-order valence-corrected chi connectivity index (χ4v) is 1.35. The van der Waals surface area contributed by atoms with E-state index in [2.05, 4.69) is 5.32 Å². The number of aliphatic carboxylic acids is 3. The smallest absolute Gasteiger partial charge is 0.408 e. The van der Waals surface area contributed by atoms with Crippen molar-refractivity contribution < 1.29 is 39.2 Å². The Morgan fingerprint density at radius 1 is 1.04 bits per heavy atom. The number of ether oxygens (including phenoxy) is 1. The van der Waals surface area contributed by atoms with E-state index in [0.717, 1.165) is 0 Å². The van der Waals surface area contributed by atoms with E-state index in [1.54, 1.807) is 34.6 Å². The molecule has 0 rings (SSSR count). The number of carbonyl (C=O) groups is 4. The van der Waals surface area contributed by atoms with Crippen LogP contribution in [0, 0.1) is 5.92 Å². The van der Waals surface area contributed by atoms with Gasteiger partial charge in [-0.25, -0.2) is 9.59 Å². The van der Waals surface area contributed by atoms with Crippen LogP contribution in [0.25, 0.3) is 0 Å². The molecule has 146 valence electrons. The van der Waals surface area contributed by atoms with Crippen molar-refractivity contribution in [3.8, 4) is 0 Å². The molecule has 0 saturated heterocycles. The lowest BCUT2D eigenvalue weighted by molar-refractivity contribution is -0.141. The Labute approximate surface area is 146 Å². The maximum absolute atomic E-state index is 11.3. The van der Waals surface area contributed by atoms with E-state index in [0.29, 0.717) is 0 Å². The highest BCUT2D eigenvalue weighted by Crippen LogP contribution is 2.08. The van der Waals surface area contributed by atoms with E-state index < -0.39 is 41.7 Å². The van der Waals surface area contributed by atoms with Crippen LogP contribution in [0.3, 0.4) is 0 Å². The van der Waals surface area contributed by atoms with Gasteiger partial charge in [0.05, 0.1) is 0 Å². The standard InChI is InChI=1S/C10H19NO4.C5H9NO4/c1-6(2)7(8(12)13)11-9(14)15-10(3,4)5;6-3(5(9)10)1-2-4(7)8/h6-7H,1-5H3,(H,11,14)(H,12,13);3H,1-2,6H2,(H,7,8)(H,9,10)/t7-;3-/m10/s1. The molecule has 25 heavy (non-hydrogen) atoms. The molecule has 0 spiro atoms. The van der Waals surface area contributed by atoms with Crippen molar-refractivity contribution >= 4 is 24.0 Å². The number of nitrogens with two attached hydrogens (primary N) is 1. The van der Waals surface area contributed by atoms with E-state index in [9.17, 15) is 19.2 Å². The molecule has 0 aromatic carbocycles.